The molecule has 0 atom stereocenters. The Morgan fingerprint density at radius 3 is 2.60 bits per heavy atom. The fourth-order valence-corrected chi connectivity index (χ4v) is 2.94. The van der Waals surface area contributed by atoms with E-state index in [4.69, 9.17) is 0 Å². The van der Waals surface area contributed by atoms with Crippen LogP contribution in [0.15, 0.2) is 29.2 Å². The summed E-state index contributed by atoms with van der Waals surface area (Å²) in [4.78, 5) is 12.3. The van der Waals surface area contributed by atoms with Crippen molar-refractivity contribution in [3.05, 3.63) is 29.8 Å². The second kappa shape index (κ2) is 4.84. The molecule has 0 saturated carbocycles. The van der Waals surface area contributed by atoms with E-state index >= 15 is 0 Å². The Morgan fingerprint density at radius 2 is 2.07 bits per heavy atom. The maximum absolute atomic E-state index is 11.1. The lowest BCUT2D eigenvalue weighted by atomic mass is 10.1. The summed E-state index contributed by atoms with van der Waals surface area (Å²) in [6.07, 6.45) is 0.617. The van der Waals surface area contributed by atoms with Crippen LogP contribution in [-0.2, 0) is 4.79 Å². The Balaban J connectivity index is 2.72. The van der Waals surface area contributed by atoms with Gasteiger partial charge < -0.3 is 0 Å². The first-order valence-corrected chi connectivity index (χ1v) is 5.96. The van der Waals surface area contributed by atoms with Gasteiger partial charge in [0.25, 0.3) is 0 Å². The lowest BCUT2D eigenvalue weighted by Gasteiger charge is -2.22. The van der Waals surface area contributed by atoms with Gasteiger partial charge in [-0.2, -0.15) is 0 Å². The van der Waals surface area contributed by atoms with Gasteiger partial charge in [-0.15, -0.1) is 11.8 Å². The van der Waals surface area contributed by atoms with E-state index in [1.807, 2.05) is 0 Å². The zero-order valence-corrected chi connectivity index (χ0v) is 10.6. The van der Waals surface area contributed by atoms with Crippen molar-refractivity contribution in [3.63, 3.8) is 0 Å². The molecule has 0 saturated heterocycles. The first-order chi connectivity index (χ1) is 6.89. The molecule has 1 aromatic carbocycles. The van der Waals surface area contributed by atoms with Crippen LogP contribution in [0.1, 0.15) is 32.8 Å². The van der Waals surface area contributed by atoms with Crippen LogP contribution >= 0.6 is 11.8 Å². The average Bonchev–Trinajstić information content (AvgIpc) is 1.99. The molecule has 0 unspecified atom stereocenters. The summed E-state index contributed by atoms with van der Waals surface area (Å²) < 4.78 is -0.0143. The van der Waals surface area contributed by atoms with Crippen LogP contribution in [0, 0.1) is 6.92 Å². The highest BCUT2D eigenvalue weighted by Crippen LogP contribution is 2.35. The lowest BCUT2D eigenvalue weighted by Crippen LogP contribution is -2.18. The molecule has 0 N–H and O–H groups in total. The number of rotatable bonds is 4. The van der Waals surface area contributed by atoms with Gasteiger partial charge in [0.1, 0.15) is 5.78 Å². The highest BCUT2D eigenvalue weighted by molar-refractivity contribution is 8.00. The molecule has 0 heterocycles. The highest BCUT2D eigenvalue weighted by atomic mass is 32.2. The van der Waals surface area contributed by atoms with E-state index in [0.29, 0.717) is 6.42 Å². The molecule has 0 fully saturated rings. The van der Waals surface area contributed by atoms with Crippen LogP contribution in [0.4, 0.5) is 0 Å². The minimum absolute atomic E-state index is 0.0143. The molecule has 0 aliphatic heterocycles. The number of carbonyl (C=O) groups is 1. The zero-order chi connectivity index (χ0) is 11.5. The maximum atomic E-state index is 11.1. The monoisotopic (exact) mass is 222 g/mol. The van der Waals surface area contributed by atoms with Gasteiger partial charge in [0.2, 0.25) is 0 Å². The maximum Gasteiger partial charge on any atom is 0.131 e. The van der Waals surface area contributed by atoms with Crippen molar-refractivity contribution >= 4 is 17.5 Å². The number of thioether (sulfide) groups is 1. The quantitative estimate of drug-likeness (QED) is 0.720. The van der Waals surface area contributed by atoms with E-state index in [2.05, 4.69) is 45.0 Å². The summed E-state index contributed by atoms with van der Waals surface area (Å²) in [6, 6.07) is 8.40. The van der Waals surface area contributed by atoms with E-state index < -0.39 is 0 Å². The molecular weight excluding hydrogens is 204 g/mol. The van der Waals surface area contributed by atoms with Gasteiger partial charge in [-0.25, -0.2) is 0 Å². The van der Waals surface area contributed by atoms with Crippen LogP contribution in [0.2, 0.25) is 0 Å². The third kappa shape index (κ3) is 4.52. The number of Topliss-reactive ketones (excluding diaryl/α,β-unsaturated/α-hetero) is 1. The molecule has 82 valence electrons. The molecule has 1 aromatic rings. The van der Waals surface area contributed by atoms with Crippen LogP contribution in [0.5, 0.6) is 0 Å². The molecule has 0 spiro atoms. The number of carbonyl (C=O) groups excluding carboxylic acids is 1. The van der Waals surface area contributed by atoms with Crippen molar-refractivity contribution < 1.29 is 4.79 Å². The molecule has 2 heteroatoms. The van der Waals surface area contributed by atoms with Crippen LogP contribution in [-0.4, -0.2) is 10.5 Å². The Bertz CT molecular complexity index is 355. The minimum Gasteiger partial charge on any atom is -0.300 e. The third-order valence-corrected chi connectivity index (χ3v) is 3.24. The summed E-state index contributed by atoms with van der Waals surface area (Å²) in [6.45, 7) is 7.96. The van der Waals surface area contributed by atoms with E-state index in [-0.39, 0.29) is 10.5 Å². The van der Waals surface area contributed by atoms with Crippen molar-refractivity contribution in [2.45, 2.75) is 43.8 Å². The molecule has 0 aromatic heterocycles. The molecule has 15 heavy (non-hydrogen) atoms. The fraction of sp³-hybridized carbons (Fsp3) is 0.462. The SMILES string of the molecule is CC(=O)CC(C)(C)Sc1cccc(C)c1. The summed E-state index contributed by atoms with van der Waals surface area (Å²) in [5.74, 6) is 0.250. The third-order valence-electron chi connectivity index (χ3n) is 2.06. The van der Waals surface area contributed by atoms with Gasteiger partial charge in [0.05, 0.1) is 0 Å². The first-order valence-electron chi connectivity index (χ1n) is 5.14. The van der Waals surface area contributed by atoms with Gasteiger partial charge in [0.15, 0.2) is 0 Å². The summed E-state index contributed by atoms with van der Waals surface area (Å²) in [5.41, 5.74) is 1.26. The van der Waals surface area contributed by atoms with Crippen LogP contribution < -0.4 is 0 Å². The smallest absolute Gasteiger partial charge is 0.131 e. The first kappa shape index (κ1) is 12.3. The summed E-state index contributed by atoms with van der Waals surface area (Å²) in [7, 11) is 0. The lowest BCUT2D eigenvalue weighted by molar-refractivity contribution is -0.117. The Kier molecular flexibility index (Phi) is 3.97. The van der Waals surface area contributed by atoms with E-state index in [1.54, 1.807) is 18.7 Å². The standard InChI is InChI=1S/C13H18OS/c1-10-6-5-7-12(8-10)15-13(3,4)9-11(2)14/h5-8H,9H2,1-4H3. The number of hydrogen-bond acceptors (Lipinski definition) is 2. The molecule has 0 bridgehead atoms. The topological polar surface area (TPSA) is 17.1 Å². The Hall–Kier alpha value is -0.760. The largest absolute Gasteiger partial charge is 0.300 e. The van der Waals surface area contributed by atoms with Crippen LogP contribution in [0.3, 0.4) is 0 Å². The number of aryl methyl sites for hydroxylation is 1. The van der Waals surface area contributed by atoms with Gasteiger partial charge >= 0.3 is 0 Å². The van der Waals surface area contributed by atoms with Gasteiger partial charge in [-0.1, -0.05) is 17.7 Å². The normalized spacial score (nSPS) is 11.5. The Labute approximate surface area is 96.3 Å². The molecule has 0 amide bonds. The van der Waals surface area contributed by atoms with Gasteiger partial charge in [-0.05, 0) is 39.8 Å². The van der Waals surface area contributed by atoms with Crippen molar-refractivity contribution in [3.8, 4) is 0 Å². The number of ketones is 1. The molecule has 0 radical (unpaired) electrons. The molecule has 0 aliphatic carbocycles. The average molecular weight is 222 g/mol. The molecule has 0 aliphatic rings. The van der Waals surface area contributed by atoms with Crippen molar-refractivity contribution in [2.75, 3.05) is 0 Å². The molecular formula is C13H18OS. The van der Waals surface area contributed by atoms with E-state index in [0.717, 1.165) is 0 Å². The summed E-state index contributed by atoms with van der Waals surface area (Å²) in [5, 5.41) is 0. The summed E-state index contributed by atoms with van der Waals surface area (Å²) >= 11 is 1.77. The van der Waals surface area contributed by atoms with Crippen molar-refractivity contribution in [2.24, 2.45) is 0 Å². The van der Waals surface area contributed by atoms with Crippen molar-refractivity contribution in [1.82, 2.24) is 0 Å². The number of hydrogen-bond donors (Lipinski definition) is 0. The molecule has 1 nitrogen and oxygen atoms in total. The zero-order valence-electron chi connectivity index (χ0n) is 9.83. The van der Waals surface area contributed by atoms with Crippen molar-refractivity contribution in [1.29, 1.82) is 0 Å². The molecule has 1 rings (SSSR count). The minimum atomic E-state index is -0.0143. The second-order valence-corrected chi connectivity index (χ2v) is 6.34. The van der Waals surface area contributed by atoms with Gasteiger partial charge in [0, 0.05) is 16.1 Å². The van der Waals surface area contributed by atoms with Crippen LogP contribution in [0.25, 0.3) is 0 Å². The fourth-order valence-electron chi connectivity index (χ4n) is 1.63. The predicted octanol–water partition coefficient (Wildman–Crippen LogP) is 3.84. The number of benzene rings is 1. The van der Waals surface area contributed by atoms with Gasteiger partial charge in [-0.3, -0.25) is 4.79 Å². The Morgan fingerprint density at radius 1 is 1.40 bits per heavy atom. The van der Waals surface area contributed by atoms with E-state index in [9.17, 15) is 4.79 Å². The van der Waals surface area contributed by atoms with E-state index in [1.165, 1.54) is 10.5 Å². The second-order valence-electron chi connectivity index (χ2n) is 4.56. The highest BCUT2D eigenvalue weighted by Gasteiger charge is 2.21. The predicted molar refractivity (Wildman–Crippen MR) is 66.4 cm³/mol.